The van der Waals surface area contributed by atoms with Crippen LogP contribution < -0.4 is 10.2 Å². The highest BCUT2D eigenvalue weighted by Gasteiger charge is 2.26. The Morgan fingerprint density at radius 3 is 2.90 bits per heavy atom. The van der Waals surface area contributed by atoms with Gasteiger partial charge in [-0.3, -0.25) is 4.98 Å². The van der Waals surface area contributed by atoms with Gasteiger partial charge >= 0.3 is 0 Å². The van der Waals surface area contributed by atoms with Gasteiger partial charge in [0.15, 0.2) is 0 Å². The monoisotopic (exact) mass is 440 g/mol. The molecule has 5 rings (SSSR count). The number of rotatable bonds is 6. The fourth-order valence-electron chi connectivity index (χ4n) is 4.75. The minimum absolute atomic E-state index is 0.187. The van der Waals surface area contributed by atoms with Crippen molar-refractivity contribution in [3.8, 4) is 0 Å². The molecule has 0 saturated carbocycles. The number of anilines is 1. The van der Waals surface area contributed by atoms with Gasteiger partial charge in [-0.1, -0.05) is 6.07 Å². The first-order valence-corrected chi connectivity index (χ1v) is 12.3. The molecular formula is C23H28N4O3S. The maximum Gasteiger partial charge on any atom is 0.268 e. The SMILES string of the molecule is CO[C@@H]1CCN(c2cccc(S(=O)(=O)n3cc(C[C@H]4CCCN4)c4ncccc43)c2)C1. The molecule has 0 bridgehead atoms. The maximum atomic E-state index is 13.7. The van der Waals surface area contributed by atoms with Gasteiger partial charge in [0, 0.05) is 44.3 Å². The fourth-order valence-corrected chi connectivity index (χ4v) is 6.17. The van der Waals surface area contributed by atoms with E-state index in [2.05, 4.69) is 15.2 Å². The highest BCUT2D eigenvalue weighted by Crippen LogP contribution is 2.29. The third-order valence-corrected chi connectivity index (χ3v) is 8.12. The summed E-state index contributed by atoms with van der Waals surface area (Å²) in [6, 6.07) is 11.2. The van der Waals surface area contributed by atoms with Gasteiger partial charge in [0.1, 0.15) is 0 Å². The Balaban J connectivity index is 1.52. The van der Waals surface area contributed by atoms with Crippen molar-refractivity contribution in [1.82, 2.24) is 14.3 Å². The molecule has 0 spiro atoms. The van der Waals surface area contributed by atoms with Gasteiger partial charge in [-0.2, -0.15) is 0 Å². The summed E-state index contributed by atoms with van der Waals surface area (Å²) in [6.07, 6.45) is 7.66. The highest BCUT2D eigenvalue weighted by molar-refractivity contribution is 7.90. The van der Waals surface area contributed by atoms with E-state index < -0.39 is 10.0 Å². The summed E-state index contributed by atoms with van der Waals surface area (Å²) in [7, 11) is -2.03. The van der Waals surface area contributed by atoms with Crippen LogP contribution in [0.2, 0.25) is 0 Å². The Morgan fingerprint density at radius 1 is 1.23 bits per heavy atom. The zero-order valence-electron chi connectivity index (χ0n) is 17.7. The molecule has 7 nitrogen and oxygen atoms in total. The zero-order chi connectivity index (χ0) is 21.4. The van der Waals surface area contributed by atoms with Crippen LogP contribution in [-0.2, 0) is 21.2 Å². The normalized spacial score (nSPS) is 21.9. The van der Waals surface area contributed by atoms with E-state index in [1.165, 1.54) is 3.97 Å². The third-order valence-electron chi connectivity index (χ3n) is 6.45. The Labute approximate surface area is 183 Å². The van der Waals surface area contributed by atoms with Crippen LogP contribution in [0.1, 0.15) is 24.8 Å². The van der Waals surface area contributed by atoms with Crippen molar-refractivity contribution in [3.05, 3.63) is 54.4 Å². The van der Waals surface area contributed by atoms with Crippen LogP contribution in [0.5, 0.6) is 0 Å². The predicted octanol–water partition coefficient (Wildman–Crippen LogP) is 2.79. The topological polar surface area (TPSA) is 76.5 Å². The Morgan fingerprint density at radius 2 is 2.13 bits per heavy atom. The third kappa shape index (κ3) is 3.84. The second-order valence-electron chi connectivity index (χ2n) is 8.41. The van der Waals surface area contributed by atoms with Gasteiger partial charge in [0.25, 0.3) is 10.0 Å². The number of hydrogen-bond donors (Lipinski definition) is 1. The van der Waals surface area contributed by atoms with Crippen molar-refractivity contribution in [1.29, 1.82) is 0 Å². The van der Waals surface area contributed by atoms with E-state index in [-0.39, 0.29) is 11.0 Å². The van der Waals surface area contributed by atoms with E-state index in [1.807, 2.05) is 18.2 Å². The summed E-state index contributed by atoms with van der Waals surface area (Å²) in [6.45, 7) is 2.65. The summed E-state index contributed by atoms with van der Waals surface area (Å²) in [5.74, 6) is 0. The molecule has 1 aromatic carbocycles. The number of nitrogens with one attached hydrogen (secondary N) is 1. The molecule has 2 aliphatic rings. The Hall–Kier alpha value is -2.42. The van der Waals surface area contributed by atoms with Gasteiger partial charge in [0.2, 0.25) is 0 Å². The molecule has 2 atom stereocenters. The molecule has 164 valence electrons. The Kier molecular flexibility index (Phi) is 5.45. The molecule has 0 radical (unpaired) electrons. The smallest absolute Gasteiger partial charge is 0.268 e. The maximum absolute atomic E-state index is 13.7. The van der Waals surface area contributed by atoms with Crippen molar-refractivity contribution in [3.63, 3.8) is 0 Å². The Bertz CT molecular complexity index is 1180. The van der Waals surface area contributed by atoms with Crippen molar-refractivity contribution < 1.29 is 13.2 Å². The van der Waals surface area contributed by atoms with Crippen LogP contribution in [0.25, 0.3) is 11.0 Å². The van der Waals surface area contributed by atoms with Gasteiger partial charge in [-0.25, -0.2) is 12.4 Å². The second kappa shape index (κ2) is 8.26. The molecular weight excluding hydrogens is 412 g/mol. The minimum Gasteiger partial charge on any atom is -0.380 e. The molecule has 0 amide bonds. The van der Waals surface area contributed by atoms with E-state index in [9.17, 15) is 8.42 Å². The second-order valence-corrected chi connectivity index (χ2v) is 10.2. The fraction of sp³-hybridized carbons (Fsp3) is 0.435. The first-order chi connectivity index (χ1) is 15.1. The lowest BCUT2D eigenvalue weighted by Gasteiger charge is -2.19. The van der Waals surface area contributed by atoms with Crippen molar-refractivity contribution in [2.24, 2.45) is 0 Å². The van der Waals surface area contributed by atoms with E-state index in [1.54, 1.807) is 37.7 Å². The molecule has 2 saturated heterocycles. The molecule has 3 aromatic rings. The lowest BCUT2D eigenvalue weighted by molar-refractivity contribution is 0.121. The number of aromatic nitrogens is 2. The molecule has 1 N–H and O–H groups in total. The summed E-state index contributed by atoms with van der Waals surface area (Å²) in [5.41, 5.74) is 3.27. The molecule has 4 heterocycles. The number of pyridine rings is 1. The van der Waals surface area contributed by atoms with E-state index in [0.29, 0.717) is 11.6 Å². The van der Waals surface area contributed by atoms with Crippen molar-refractivity contribution >= 4 is 26.7 Å². The zero-order valence-corrected chi connectivity index (χ0v) is 18.5. The highest BCUT2D eigenvalue weighted by atomic mass is 32.2. The number of benzene rings is 1. The quantitative estimate of drug-likeness (QED) is 0.635. The number of methoxy groups -OCH3 is 1. The van der Waals surface area contributed by atoms with E-state index >= 15 is 0 Å². The molecule has 2 aliphatic heterocycles. The summed E-state index contributed by atoms with van der Waals surface area (Å²) >= 11 is 0. The van der Waals surface area contributed by atoms with Gasteiger partial charge in [0.05, 0.1) is 22.0 Å². The summed E-state index contributed by atoms with van der Waals surface area (Å²) in [5, 5.41) is 3.49. The minimum atomic E-state index is -3.75. The van der Waals surface area contributed by atoms with Gasteiger partial charge in [-0.05, 0) is 68.1 Å². The van der Waals surface area contributed by atoms with Crippen molar-refractivity contribution in [2.45, 2.75) is 42.7 Å². The molecule has 0 aliphatic carbocycles. The molecule has 2 fully saturated rings. The molecule has 31 heavy (non-hydrogen) atoms. The van der Waals surface area contributed by atoms with Gasteiger partial charge in [-0.15, -0.1) is 0 Å². The van der Waals surface area contributed by atoms with Crippen molar-refractivity contribution in [2.75, 3.05) is 31.6 Å². The standard InChI is InChI=1S/C23H28N4O3S/c1-30-20-9-12-26(16-20)19-6-2-7-21(14-19)31(28,29)27-15-17(13-18-5-3-10-24-18)23-22(27)8-4-11-25-23/h2,4,6-8,11,14-15,18,20,24H,3,5,9-10,12-13,16H2,1H3/t18-,20-/m1/s1. The first-order valence-electron chi connectivity index (χ1n) is 10.9. The van der Waals surface area contributed by atoms with E-state index in [0.717, 1.165) is 62.1 Å². The predicted molar refractivity (Wildman–Crippen MR) is 121 cm³/mol. The summed E-state index contributed by atoms with van der Waals surface area (Å²) < 4.78 is 34.2. The lowest BCUT2D eigenvalue weighted by Crippen LogP contribution is -2.23. The largest absolute Gasteiger partial charge is 0.380 e. The molecule has 8 heteroatoms. The number of ether oxygens (including phenoxy) is 1. The number of hydrogen-bond acceptors (Lipinski definition) is 6. The lowest BCUT2D eigenvalue weighted by atomic mass is 10.1. The number of nitrogens with zero attached hydrogens (tertiary/aromatic N) is 3. The van der Waals surface area contributed by atoms with Crippen LogP contribution in [0, 0.1) is 0 Å². The van der Waals surface area contributed by atoms with Crippen LogP contribution in [-0.4, -0.2) is 56.3 Å². The van der Waals surface area contributed by atoms with Crippen LogP contribution in [0.3, 0.4) is 0 Å². The van der Waals surface area contributed by atoms with Crippen LogP contribution >= 0.6 is 0 Å². The molecule has 0 unspecified atom stereocenters. The van der Waals surface area contributed by atoms with Crippen LogP contribution in [0.4, 0.5) is 5.69 Å². The molecule has 2 aromatic heterocycles. The average Bonchev–Trinajstić information content (AvgIpc) is 3.55. The first kappa shape index (κ1) is 20.5. The average molecular weight is 441 g/mol. The van der Waals surface area contributed by atoms with Gasteiger partial charge < -0.3 is 15.0 Å². The number of fused-ring (bicyclic) bond motifs is 1. The van der Waals surface area contributed by atoms with Crippen LogP contribution in [0.15, 0.2) is 53.7 Å². The summed E-state index contributed by atoms with van der Waals surface area (Å²) in [4.78, 5) is 6.98. The van der Waals surface area contributed by atoms with E-state index in [4.69, 9.17) is 4.74 Å².